The first-order valence-electron chi connectivity index (χ1n) is 6.30. The Morgan fingerprint density at radius 3 is 2.63 bits per heavy atom. The van der Waals surface area contributed by atoms with E-state index in [1.54, 1.807) is 11.8 Å². The van der Waals surface area contributed by atoms with Crippen LogP contribution < -0.4 is 16.0 Å². The molecule has 0 bridgehead atoms. The Hall–Kier alpha value is -1.85. The van der Waals surface area contributed by atoms with Gasteiger partial charge in [0.15, 0.2) is 0 Å². The second-order valence-corrected chi connectivity index (χ2v) is 4.55. The Bertz CT molecular complexity index is 506. The molecule has 1 unspecified atom stereocenters. The van der Waals surface area contributed by atoms with Crippen LogP contribution in [-0.2, 0) is 13.5 Å². The van der Waals surface area contributed by atoms with Crippen LogP contribution in [0.15, 0.2) is 36.7 Å². The number of hydrogen-bond donors (Lipinski definition) is 2. The van der Waals surface area contributed by atoms with Crippen LogP contribution in [0.25, 0.3) is 0 Å². The van der Waals surface area contributed by atoms with E-state index in [2.05, 4.69) is 22.7 Å². The van der Waals surface area contributed by atoms with Gasteiger partial charge in [-0.2, -0.15) is 5.10 Å². The highest BCUT2D eigenvalue weighted by Crippen LogP contribution is 2.19. The number of methoxy groups -OCH3 is 1. The largest absolute Gasteiger partial charge is 0.497 e. The SMILES string of the molecule is COc1ccc(CCC(NN)c2cnn(C)c2)cc1. The number of aryl methyl sites for hydroxylation is 2. The molecule has 5 nitrogen and oxygen atoms in total. The Labute approximate surface area is 113 Å². The van der Waals surface area contributed by atoms with E-state index in [4.69, 9.17) is 10.6 Å². The Kier molecular flexibility index (Phi) is 4.54. The molecule has 2 rings (SSSR count). The van der Waals surface area contributed by atoms with E-state index < -0.39 is 0 Å². The third-order valence-corrected chi connectivity index (χ3v) is 3.21. The zero-order valence-electron chi connectivity index (χ0n) is 11.3. The number of hydrazine groups is 1. The van der Waals surface area contributed by atoms with Gasteiger partial charge in [0.1, 0.15) is 5.75 Å². The number of rotatable bonds is 6. The summed E-state index contributed by atoms with van der Waals surface area (Å²) in [6, 6.07) is 8.23. The highest BCUT2D eigenvalue weighted by Gasteiger charge is 2.11. The predicted molar refractivity (Wildman–Crippen MR) is 74.6 cm³/mol. The van der Waals surface area contributed by atoms with Crippen LogP contribution in [0.5, 0.6) is 5.75 Å². The molecule has 0 radical (unpaired) electrons. The molecule has 1 aromatic carbocycles. The van der Waals surface area contributed by atoms with Crippen molar-refractivity contribution in [2.45, 2.75) is 18.9 Å². The average molecular weight is 260 g/mol. The van der Waals surface area contributed by atoms with Crippen molar-refractivity contribution < 1.29 is 4.74 Å². The molecular weight excluding hydrogens is 240 g/mol. The minimum atomic E-state index is 0.121. The molecule has 1 atom stereocenters. The van der Waals surface area contributed by atoms with E-state index >= 15 is 0 Å². The molecular formula is C14H20N4O. The summed E-state index contributed by atoms with van der Waals surface area (Å²) >= 11 is 0. The molecule has 3 N–H and O–H groups in total. The second-order valence-electron chi connectivity index (χ2n) is 4.55. The predicted octanol–water partition coefficient (Wildman–Crippen LogP) is 1.57. The fourth-order valence-corrected chi connectivity index (χ4v) is 2.07. The summed E-state index contributed by atoms with van der Waals surface area (Å²) in [5, 5.41) is 4.17. The third-order valence-electron chi connectivity index (χ3n) is 3.21. The summed E-state index contributed by atoms with van der Waals surface area (Å²) in [4.78, 5) is 0. The number of hydrogen-bond acceptors (Lipinski definition) is 4. The molecule has 0 aliphatic rings. The van der Waals surface area contributed by atoms with Gasteiger partial charge in [0.25, 0.3) is 0 Å². The normalized spacial score (nSPS) is 12.4. The molecule has 1 aromatic heterocycles. The first-order valence-corrected chi connectivity index (χ1v) is 6.30. The Morgan fingerprint density at radius 1 is 1.37 bits per heavy atom. The standard InChI is InChI=1S/C14H20N4O/c1-18-10-12(9-16-18)14(17-15)8-5-11-3-6-13(19-2)7-4-11/h3-4,6-7,9-10,14,17H,5,8,15H2,1-2H3. The van der Waals surface area contributed by atoms with Gasteiger partial charge in [0.2, 0.25) is 0 Å². The lowest BCUT2D eigenvalue weighted by Crippen LogP contribution is -2.28. The number of benzene rings is 1. The van der Waals surface area contributed by atoms with Gasteiger partial charge in [-0.05, 0) is 30.5 Å². The number of nitrogens with zero attached hydrogens (tertiary/aromatic N) is 2. The maximum atomic E-state index is 5.62. The molecule has 19 heavy (non-hydrogen) atoms. The van der Waals surface area contributed by atoms with Crippen LogP contribution in [0, 0.1) is 0 Å². The first-order chi connectivity index (χ1) is 9.22. The summed E-state index contributed by atoms with van der Waals surface area (Å²) in [6.45, 7) is 0. The van der Waals surface area contributed by atoms with E-state index in [1.807, 2.05) is 31.6 Å². The fraction of sp³-hybridized carbons (Fsp3) is 0.357. The van der Waals surface area contributed by atoms with Gasteiger partial charge < -0.3 is 4.74 Å². The van der Waals surface area contributed by atoms with Crippen LogP contribution >= 0.6 is 0 Å². The molecule has 0 aliphatic heterocycles. The summed E-state index contributed by atoms with van der Waals surface area (Å²) < 4.78 is 6.93. The van der Waals surface area contributed by atoms with Crippen molar-refractivity contribution in [3.05, 3.63) is 47.8 Å². The third kappa shape index (κ3) is 3.56. The van der Waals surface area contributed by atoms with Gasteiger partial charge in [-0.25, -0.2) is 0 Å². The second kappa shape index (κ2) is 6.36. The molecule has 0 fully saturated rings. The van der Waals surface area contributed by atoms with Crippen molar-refractivity contribution >= 4 is 0 Å². The molecule has 0 spiro atoms. The van der Waals surface area contributed by atoms with Crippen molar-refractivity contribution in [3.63, 3.8) is 0 Å². The van der Waals surface area contributed by atoms with Crippen LogP contribution in [-0.4, -0.2) is 16.9 Å². The zero-order valence-corrected chi connectivity index (χ0v) is 11.3. The van der Waals surface area contributed by atoms with E-state index in [9.17, 15) is 0 Å². The molecule has 1 heterocycles. The highest BCUT2D eigenvalue weighted by molar-refractivity contribution is 5.27. The number of nitrogens with two attached hydrogens (primary N) is 1. The molecule has 0 amide bonds. The minimum absolute atomic E-state index is 0.121. The average Bonchev–Trinajstić information content (AvgIpc) is 2.87. The van der Waals surface area contributed by atoms with Gasteiger partial charge in [-0.15, -0.1) is 0 Å². The van der Waals surface area contributed by atoms with Crippen LogP contribution in [0.4, 0.5) is 0 Å². The highest BCUT2D eigenvalue weighted by atomic mass is 16.5. The van der Waals surface area contributed by atoms with Crippen LogP contribution in [0.3, 0.4) is 0 Å². The van der Waals surface area contributed by atoms with Gasteiger partial charge in [0, 0.05) is 24.8 Å². The maximum Gasteiger partial charge on any atom is 0.118 e. The first kappa shape index (κ1) is 13.6. The number of ether oxygens (including phenoxy) is 1. The lowest BCUT2D eigenvalue weighted by Gasteiger charge is -2.14. The molecule has 0 saturated heterocycles. The van der Waals surface area contributed by atoms with E-state index in [1.165, 1.54) is 5.56 Å². The Morgan fingerprint density at radius 2 is 2.11 bits per heavy atom. The summed E-state index contributed by atoms with van der Waals surface area (Å²) in [7, 11) is 3.58. The van der Waals surface area contributed by atoms with E-state index in [-0.39, 0.29) is 6.04 Å². The van der Waals surface area contributed by atoms with Gasteiger partial charge >= 0.3 is 0 Å². The van der Waals surface area contributed by atoms with E-state index in [0.717, 1.165) is 24.2 Å². The fourth-order valence-electron chi connectivity index (χ4n) is 2.07. The molecule has 0 aliphatic carbocycles. The lowest BCUT2D eigenvalue weighted by atomic mass is 10.0. The van der Waals surface area contributed by atoms with Crippen LogP contribution in [0.1, 0.15) is 23.6 Å². The van der Waals surface area contributed by atoms with Gasteiger partial charge in [-0.1, -0.05) is 12.1 Å². The summed E-state index contributed by atoms with van der Waals surface area (Å²) in [5.74, 6) is 6.50. The minimum Gasteiger partial charge on any atom is -0.497 e. The van der Waals surface area contributed by atoms with Crippen molar-refractivity contribution in [2.24, 2.45) is 12.9 Å². The molecule has 0 saturated carbocycles. The molecule has 2 aromatic rings. The quantitative estimate of drug-likeness (QED) is 0.611. The zero-order chi connectivity index (χ0) is 13.7. The van der Waals surface area contributed by atoms with Crippen molar-refractivity contribution in [1.82, 2.24) is 15.2 Å². The summed E-state index contributed by atoms with van der Waals surface area (Å²) in [6.07, 6.45) is 5.71. The molecule has 5 heteroatoms. The Balaban J connectivity index is 1.95. The smallest absolute Gasteiger partial charge is 0.118 e. The molecule has 102 valence electrons. The number of aromatic nitrogens is 2. The van der Waals surface area contributed by atoms with Gasteiger partial charge in [-0.3, -0.25) is 16.0 Å². The van der Waals surface area contributed by atoms with Gasteiger partial charge in [0.05, 0.1) is 13.3 Å². The van der Waals surface area contributed by atoms with Crippen molar-refractivity contribution in [3.8, 4) is 5.75 Å². The maximum absolute atomic E-state index is 5.62. The number of nitrogens with one attached hydrogen (secondary N) is 1. The monoisotopic (exact) mass is 260 g/mol. The van der Waals surface area contributed by atoms with Crippen molar-refractivity contribution in [2.75, 3.05) is 7.11 Å². The summed E-state index contributed by atoms with van der Waals surface area (Å²) in [5.41, 5.74) is 5.22. The van der Waals surface area contributed by atoms with E-state index in [0.29, 0.717) is 0 Å². The lowest BCUT2D eigenvalue weighted by molar-refractivity contribution is 0.414. The topological polar surface area (TPSA) is 65.1 Å². The van der Waals surface area contributed by atoms with Crippen LogP contribution in [0.2, 0.25) is 0 Å². The van der Waals surface area contributed by atoms with Crippen molar-refractivity contribution in [1.29, 1.82) is 0 Å².